The van der Waals surface area contributed by atoms with Gasteiger partial charge in [0.25, 0.3) is 5.91 Å². The number of anilines is 1. The summed E-state index contributed by atoms with van der Waals surface area (Å²) < 4.78 is 11.7. The highest BCUT2D eigenvalue weighted by atomic mass is 16.5. The van der Waals surface area contributed by atoms with Gasteiger partial charge in [0, 0.05) is 24.9 Å². The Morgan fingerprint density at radius 2 is 2.00 bits per heavy atom. The molecule has 1 aromatic carbocycles. The average molecular weight is 391 g/mol. The van der Waals surface area contributed by atoms with Crippen LogP contribution in [0.25, 0.3) is 0 Å². The van der Waals surface area contributed by atoms with E-state index in [1.807, 2.05) is 38.1 Å². The molecule has 1 fully saturated rings. The first-order valence-electron chi connectivity index (χ1n) is 10.9. The molecule has 2 unspecified atom stereocenters. The molecule has 0 aliphatic carbocycles. The van der Waals surface area contributed by atoms with Gasteiger partial charge in [-0.25, -0.2) is 0 Å². The zero-order chi connectivity index (χ0) is 20.4. The molecule has 1 aromatic rings. The van der Waals surface area contributed by atoms with Crippen molar-refractivity contribution in [3.8, 4) is 5.75 Å². The largest absolute Gasteiger partial charge is 0.492 e. The topological polar surface area (TPSA) is 50.8 Å². The molecule has 2 rings (SSSR count). The van der Waals surface area contributed by atoms with E-state index in [2.05, 4.69) is 24.1 Å². The fourth-order valence-electron chi connectivity index (χ4n) is 3.75. The number of likely N-dealkylation sites (tertiary alicyclic amines) is 1. The second kappa shape index (κ2) is 11.4. The lowest BCUT2D eigenvalue weighted by Gasteiger charge is -2.33. The molecule has 1 aliphatic heterocycles. The van der Waals surface area contributed by atoms with Crippen LogP contribution in [0.1, 0.15) is 66.2 Å². The summed E-state index contributed by atoms with van der Waals surface area (Å²) >= 11 is 0. The van der Waals surface area contributed by atoms with E-state index in [1.54, 1.807) is 0 Å². The molecule has 1 saturated heterocycles. The lowest BCUT2D eigenvalue weighted by Crippen LogP contribution is -2.42. The minimum atomic E-state index is -0.787. The van der Waals surface area contributed by atoms with Gasteiger partial charge < -0.3 is 14.8 Å². The van der Waals surface area contributed by atoms with Crippen molar-refractivity contribution in [2.45, 2.75) is 77.9 Å². The number of rotatable bonds is 11. The molecule has 1 aliphatic rings. The minimum absolute atomic E-state index is 0.0874. The molecule has 2 atom stereocenters. The van der Waals surface area contributed by atoms with Crippen LogP contribution in [0.3, 0.4) is 0 Å². The van der Waals surface area contributed by atoms with Crippen LogP contribution in [-0.2, 0) is 9.53 Å². The normalized spacial score (nSPS) is 19.8. The van der Waals surface area contributed by atoms with Crippen LogP contribution >= 0.6 is 0 Å². The predicted molar refractivity (Wildman–Crippen MR) is 115 cm³/mol. The summed E-state index contributed by atoms with van der Waals surface area (Å²) in [7, 11) is 0. The van der Waals surface area contributed by atoms with Crippen molar-refractivity contribution in [1.82, 2.24) is 4.90 Å². The van der Waals surface area contributed by atoms with Crippen LogP contribution < -0.4 is 10.1 Å². The van der Waals surface area contributed by atoms with Gasteiger partial charge in [-0.3, -0.25) is 9.69 Å². The van der Waals surface area contributed by atoms with Gasteiger partial charge >= 0.3 is 0 Å². The summed E-state index contributed by atoms with van der Waals surface area (Å²) in [5.41, 5.74) is -0.0186. The Bertz CT molecular complexity index is 590. The Hall–Kier alpha value is -1.59. The minimum Gasteiger partial charge on any atom is -0.492 e. The van der Waals surface area contributed by atoms with Crippen molar-refractivity contribution in [2.75, 3.05) is 31.6 Å². The molecule has 0 aromatic heterocycles. The molecule has 5 nitrogen and oxygen atoms in total. The number of benzene rings is 1. The number of carbonyl (C=O) groups excluding carboxylic acids is 1. The van der Waals surface area contributed by atoms with Crippen LogP contribution in [0, 0.1) is 0 Å². The van der Waals surface area contributed by atoms with Gasteiger partial charge in [0.15, 0.2) is 0 Å². The van der Waals surface area contributed by atoms with Crippen LogP contribution in [0.2, 0.25) is 0 Å². The van der Waals surface area contributed by atoms with Gasteiger partial charge in [-0.1, -0.05) is 26.2 Å². The summed E-state index contributed by atoms with van der Waals surface area (Å²) in [5, 5.41) is 2.99. The first kappa shape index (κ1) is 22.7. The molecule has 0 radical (unpaired) electrons. The molecule has 1 heterocycles. The molecular formula is C23H38N2O3. The highest BCUT2D eigenvalue weighted by molar-refractivity contribution is 5.97. The fourth-order valence-corrected chi connectivity index (χ4v) is 3.75. The summed E-state index contributed by atoms with van der Waals surface area (Å²) in [4.78, 5) is 15.2. The smallest absolute Gasteiger partial charge is 0.256 e. The van der Waals surface area contributed by atoms with E-state index in [-0.39, 0.29) is 5.91 Å². The molecular weight excluding hydrogens is 352 g/mol. The third-order valence-electron chi connectivity index (χ3n) is 5.65. The Kier molecular flexibility index (Phi) is 9.26. The van der Waals surface area contributed by atoms with E-state index in [1.165, 1.54) is 25.8 Å². The number of nitrogens with one attached hydrogen (secondary N) is 1. The molecule has 1 N–H and O–H groups in total. The van der Waals surface area contributed by atoms with Gasteiger partial charge in [0.05, 0.1) is 0 Å². The van der Waals surface area contributed by atoms with Gasteiger partial charge in [-0.15, -0.1) is 0 Å². The third kappa shape index (κ3) is 6.78. The van der Waals surface area contributed by atoms with Gasteiger partial charge in [0.2, 0.25) is 0 Å². The number of hydrogen-bond acceptors (Lipinski definition) is 4. The number of piperidine rings is 1. The maximum Gasteiger partial charge on any atom is 0.256 e. The zero-order valence-corrected chi connectivity index (χ0v) is 18.1. The molecule has 0 spiro atoms. The Morgan fingerprint density at radius 3 is 2.64 bits per heavy atom. The molecule has 5 heteroatoms. The van der Waals surface area contributed by atoms with Gasteiger partial charge in [0.1, 0.15) is 18.0 Å². The maximum absolute atomic E-state index is 12.7. The van der Waals surface area contributed by atoms with Crippen LogP contribution in [0.15, 0.2) is 24.3 Å². The third-order valence-corrected chi connectivity index (χ3v) is 5.65. The van der Waals surface area contributed by atoms with Gasteiger partial charge in [-0.05, 0) is 70.8 Å². The van der Waals surface area contributed by atoms with E-state index in [0.29, 0.717) is 19.3 Å². The summed E-state index contributed by atoms with van der Waals surface area (Å²) in [5.74, 6) is 0.747. The Labute approximate surface area is 170 Å². The average Bonchev–Trinajstić information content (AvgIpc) is 2.69. The van der Waals surface area contributed by atoms with Crippen LogP contribution in [-0.4, -0.2) is 48.8 Å². The van der Waals surface area contributed by atoms with E-state index in [4.69, 9.17) is 9.47 Å². The number of ether oxygens (including phenoxy) is 2. The molecule has 0 bridgehead atoms. The second-order valence-corrected chi connectivity index (χ2v) is 7.98. The Balaban J connectivity index is 1.83. The van der Waals surface area contributed by atoms with Crippen molar-refractivity contribution in [2.24, 2.45) is 0 Å². The van der Waals surface area contributed by atoms with E-state index < -0.39 is 5.60 Å². The van der Waals surface area contributed by atoms with Crippen molar-refractivity contribution in [1.29, 1.82) is 0 Å². The first-order chi connectivity index (χ1) is 13.5. The lowest BCUT2D eigenvalue weighted by molar-refractivity contribution is -0.139. The van der Waals surface area contributed by atoms with Crippen molar-refractivity contribution in [3.05, 3.63) is 24.3 Å². The van der Waals surface area contributed by atoms with E-state index in [0.717, 1.165) is 37.2 Å². The first-order valence-corrected chi connectivity index (χ1v) is 10.9. The predicted octanol–water partition coefficient (Wildman–Crippen LogP) is 4.86. The fraction of sp³-hybridized carbons (Fsp3) is 0.696. The molecule has 1 amide bonds. The molecule has 0 saturated carbocycles. The SMILES string of the molecule is CCCCC(C)(OCC)C(=O)Nc1ccc(OCCN2CCCCC2C)cc1. The van der Waals surface area contributed by atoms with Gasteiger partial charge in [-0.2, -0.15) is 0 Å². The molecule has 28 heavy (non-hydrogen) atoms. The van der Waals surface area contributed by atoms with Crippen molar-refractivity contribution >= 4 is 11.6 Å². The summed E-state index contributed by atoms with van der Waals surface area (Å²) in [6.45, 7) is 11.6. The van der Waals surface area contributed by atoms with Crippen molar-refractivity contribution < 1.29 is 14.3 Å². The lowest BCUT2D eigenvalue weighted by atomic mass is 9.97. The highest BCUT2D eigenvalue weighted by Crippen LogP contribution is 2.23. The number of amides is 1. The summed E-state index contributed by atoms with van der Waals surface area (Å²) in [6.07, 6.45) is 6.64. The maximum atomic E-state index is 12.7. The van der Waals surface area contributed by atoms with Crippen molar-refractivity contribution in [3.63, 3.8) is 0 Å². The second-order valence-electron chi connectivity index (χ2n) is 7.98. The number of hydrogen-bond donors (Lipinski definition) is 1. The summed E-state index contributed by atoms with van der Waals surface area (Å²) in [6, 6.07) is 8.27. The quantitative estimate of drug-likeness (QED) is 0.586. The number of carbonyl (C=O) groups is 1. The number of unbranched alkanes of at least 4 members (excludes halogenated alkanes) is 1. The zero-order valence-electron chi connectivity index (χ0n) is 18.1. The standard InChI is InChI=1S/C23H38N2O3/c1-5-7-15-23(4,28-6-2)22(26)24-20-11-13-21(14-12-20)27-18-17-25-16-9-8-10-19(25)3/h11-14,19H,5-10,15-18H2,1-4H3,(H,24,26). The Morgan fingerprint density at radius 1 is 1.25 bits per heavy atom. The van der Waals surface area contributed by atoms with Crippen LogP contribution in [0.5, 0.6) is 5.75 Å². The highest BCUT2D eigenvalue weighted by Gasteiger charge is 2.33. The molecule has 158 valence electrons. The van der Waals surface area contributed by atoms with E-state index >= 15 is 0 Å². The van der Waals surface area contributed by atoms with Crippen LogP contribution in [0.4, 0.5) is 5.69 Å². The number of nitrogens with zero attached hydrogens (tertiary/aromatic N) is 1. The monoisotopic (exact) mass is 390 g/mol. The van der Waals surface area contributed by atoms with E-state index in [9.17, 15) is 4.79 Å².